The first-order valence-electron chi connectivity index (χ1n) is 6.05. The van der Waals surface area contributed by atoms with Crippen LogP contribution in [0.3, 0.4) is 0 Å². The second kappa shape index (κ2) is 7.25. The average Bonchev–Trinajstić information content (AvgIpc) is 2.38. The Bertz CT molecular complexity index is 440. The number of benzene rings is 1. The third-order valence-electron chi connectivity index (χ3n) is 2.99. The molecule has 0 saturated carbocycles. The molecule has 0 aliphatic heterocycles. The third kappa shape index (κ3) is 3.90. The van der Waals surface area contributed by atoms with Crippen LogP contribution in [-0.2, 0) is 6.54 Å². The Kier molecular flexibility index (Phi) is 5.97. The fraction of sp³-hybridized carbons (Fsp3) is 0.500. The summed E-state index contributed by atoms with van der Waals surface area (Å²) >= 11 is 6.09. The summed E-state index contributed by atoms with van der Waals surface area (Å²) in [5.74, 6) is 0.764. The normalized spacial score (nSPS) is 11.9. The van der Waals surface area contributed by atoms with E-state index < -0.39 is 0 Å². The second-order valence-electron chi connectivity index (χ2n) is 4.28. The molecule has 1 unspecified atom stereocenters. The van der Waals surface area contributed by atoms with Gasteiger partial charge in [-0.3, -0.25) is 0 Å². The molecule has 0 fully saturated rings. The summed E-state index contributed by atoms with van der Waals surface area (Å²) in [5.41, 5.74) is 2.27. The number of hydrogen-bond acceptors (Lipinski definition) is 3. The van der Waals surface area contributed by atoms with Crippen molar-refractivity contribution in [1.82, 2.24) is 5.32 Å². The summed E-state index contributed by atoms with van der Waals surface area (Å²) in [5, 5.41) is 12.8. The zero-order chi connectivity index (χ0) is 13.5. The summed E-state index contributed by atoms with van der Waals surface area (Å²) in [7, 11) is 1.61. The van der Waals surface area contributed by atoms with Gasteiger partial charge in [0.25, 0.3) is 0 Å². The van der Waals surface area contributed by atoms with Crippen LogP contribution in [-0.4, -0.2) is 13.7 Å². The summed E-state index contributed by atoms with van der Waals surface area (Å²) in [6.45, 7) is 5.46. The van der Waals surface area contributed by atoms with Crippen molar-refractivity contribution < 1.29 is 4.74 Å². The van der Waals surface area contributed by atoms with Gasteiger partial charge in [0, 0.05) is 13.1 Å². The number of hydrogen-bond donors (Lipinski definition) is 1. The Hall–Kier alpha value is -1.24. The Labute approximate surface area is 114 Å². The second-order valence-corrected chi connectivity index (χ2v) is 4.69. The van der Waals surface area contributed by atoms with Gasteiger partial charge in [0.05, 0.1) is 24.1 Å². The molecule has 1 atom stereocenters. The van der Waals surface area contributed by atoms with Crippen LogP contribution >= 0.6 is 11.6 Å². The highest BCUT2D eigenvalue weighted by atomic mass is 35.5. The van der Waals surface area contributed by atoms with Crippen LogP contribution in [0.2, 0.25) is 5.02 Å². The molecule has 1 rings (SSSR count). The van der Waals surface area contributed by atoms with E-state index >= 15 is 0 Å². The molecule has 0 saturated heterocycles. The molecule has 0 radical (unpaired) electrons. The molecule has 0 heterocycles. The molecule has 0 aliphatic carbocycles. The highest BCUT2D eigenvalue weighted by Gasteiger charge is 2.07. The van der Waals surface area contributed by atoms with Crippen LogP contribution in [0.5, 0.6) is 5.75 Å². The van der Waals surface area contributed by atoms with Crippen molar-refractivity contribution in [2.24, 2.45) is 5.92 Å². The largest absolute Gasteiger partial charge is 0.495 e. The number of nitriles is 1. The Morgan fingerprint density at radius 1 is 1.50 bits per heavy atom. The fourth-order valence-corrected chi connectivity index (χ4v) is 1.97. The van der Waals surface area contributed by atoms with Crippen molar-refractivity contribution in [1.29, 1.82) is 5.26 Å². The lowest BCUT2D eigenvalue weighted by molar-refractivity contribution is 0.414. The van der Waals surface area contributed by atoms with E-state index in [0.717, 1.165) is 17.5 Å². The van der Waals surface area contributed by atoms with Gasteiger partial charge in [0.1, 0.15) is 5.75 Å². The monoisotopic (exact) mass is 266 g/mol. The van der Waals surface area contributed by atoms with Crippen LogP contribution in [0.1, 0.15) is 24.5 Å². The van der Waals surface area contributed by atoms with Crippen molar-refractivity contribution >= 4 is 11.6 Å². The summed E-state index contributed by atoms with van der Waals surface area (Å²) in [4.78, 5) is 0. The molecule has 98 valence electrons. The van der Waals surface area contributed by atoms with Crippen molar-refractivity contribution in [3.63, 3.8) is 0 Å². The molecule has 0 bridgehead atoms. The lowest BCUT2D eigenvalue weighted by atomic mass is 10.1. The van der Waals surface area contributed by atoms with Crippen molar-refractivity contribution in [3.8, 4) is 11.8 Å². The molecule has 1 aromatic carbocycles. The topological polar surface area (TPSA) is 45.0 Å². The number of nitrogens with zero attached hydrogens (tertiary/aromatic N) is 1. The highest BCUT2D eigenvalue weighted by molar-refractivity contribution is 6.32. The van der Waals surface area contributed by atoms with Gasteiger partial charge in [-0.25, -0.2) is 0 Å². The molecule has 18 heavy (non-hydrogen) atoms. The molecule has 0 aliphatic rings. The number of aryl methyl sites for hydroxylation is 1. The van der Waals surface area contributed by atoms with Crippen LogP contribution in [0.15, 0.2) is 12.1 Å². The van der Waals surface area contributed by atoms with Gasteiger partial charge in [-0.1, -0.05) is 18.5 Å². The van der Waals surface area contributed by atoms with Gasteiger partial charge in [-0.05, 0) is 36.6 Å². The van der Waals surface area contributed by atoms with E-state index in [1.54, 1.807) is 7.11 Å². The number of rotatable bonds is 6. The van der Waals surface area contributed by atoms with Gasteiger partial charge in [0.15, 0.2) is 0 Å². The molecular weight excluding hydrogens is 248 g/mol. The molecule has 0 aromatic heterocycles. The van der Waals surface area contributed by atoms with Gasteiger partial charge in [-0.15, -0.1) is 0 Å². The van der Waals surface area contributed by atoms with Gasteiger partial charge >= 0.3 is 0 Å². The maximum atomic E-state index is 8.86. The smallest absolute Gasteiger partial charge is 0.137 e. The Morgan fingerprint density at radius 3 is 2.78 bits per heavy atom. The minimum Gasteiger partial charge on any atom is -0.495 e. The van der Waals surface area contributed by atoms with Crippen LogP contribution in [0.4, 0.5) is 0 Å². The number of halogens is 1. The molecule has 3 nitrogen and oxygen atoms in total. The molecule has 0 amide bonds. The highest BCUT2D eigenvalue weighted by Crippen LogP contribution is 2.27. The third-order valence-corrected chi connectivity index (χ3v) is 3.29. The first kappa shape index (κ1) is 14.8. The minimum absolute atomic E-state index is 0.0685. The standard InChI is InChI=1S/C14H19ClN2O/c1-4-11(7-16)8-17-9-12-6-13(15)14(18-3)5-10(12)2/h5-6,11,17H,4,8-9H2,1-3H3. The van der Waals surface area contributed by atoms with E-state index in [4.69, 9.17) is 21.6 Å². The Morgan fingerprint density at radius 2 is 2.22 bits per heavy atom. The number of nitrogens with one attached hydrogen (secondary N) is 1. The van der Waals surface area contributed by atoms with Crippen molar-refractivity contribution in [3.05, 3.63) is 28.3 Å². The summed E-state index contributed by atoms with van der Waals surface area (Å²) in [6, 6.07) is 6.12. The van der Waals surface area contributed by atoms with E-state index in [9.17, 15) is 0 Å². The maximum absolute atomic E-state index is 8.86. The lowest BCUT2D eigenvalue weighted by Crippen LogP contribution is -2.21. The first-order chi connectivity index (χ1) is 8.62. The zero-order valence-corrected chi connectivity index (χ0v) is 11.8. The quantitative estimate of drug-likeness (QED) is 0.859. The lowest BCUT2D eigenvalue weighted by Gasteiger charge is -2.12. The van der Waals surface area contributed by atoms with Gasteiger partial charge < -0.3 is 10.1 Å². The van der Waals surface area contributed by atoms with Crippen LogP contribution < -0.4 is 10.1 Å². The fourth-order valence-electron chi connectivity index (χ4n) is 1.71. The number of ether oxygens (including phenoxy) is 1. The maximum Gasteiger partial charge on any atom is 0.137 e. The minimum atomic E-state index is 0.0685. The molecule has 0 spiro atoms. The first-order valence-corrected chi connectivity index (χ1v) is 6.43. The molecule has 4 heteroatoms. The zero-order valence-electron chi connectivity index (χ0n) is 11.1. The van der Waals surface area contributed by atoms with Gasteiger partial charge in [0.2, 0.25) is 0 Å². The van der Waals surface area contributed by atoms with Crippen molar-refractivity contribution in [2.45, 2.75) is 26.8 Å². The predicted octanol–water partition coefficient (Wildman–Crippen LogP) is 3.30. The summed E-state index contributed by atoms with van der Waals surface area (Å²) < 4.78 is 5.16. The Balaban J connectivity index is 2.63. The van der Waals surface area contributed by atoms with E-state index in [1.165, 1.54) is 0 Å². The molecule has 1 aromatic rings. The van der Waals surface area contributed by atoms with Gasteiger partial charge in [-0.2, -0.15) is 5.26 Å². The van der Waals surface area contributed by atoms with E-state index in [-0.39, 0.29) is 5.92 Å². The average molecular weight is 267 g/mol. The predicted molar refractivity (Wildman–Crippen MR) is 73.8 cm³/mol. The van der Waals surface area contributed by atoms with E-state index in [2.05, 4.69) is 11.4 Å². The number of methoxy groups -OCH3 is 1. The summed E-state index contributed by atoms with van der Waals surface area (Å²) in [6.07, 6.45) is 0.867. The van der Waals surface area contributed by atoms with Crippen molar-refractivity contribution in [2.75, 3.05) is 13.7 Å². The molecule has 1 N–H and O–H groups in total. The van der Waals surface area contributed by atoms with Crippen LogP contribution in [0.25, 0.3) is 0 Å². The van der Waals surface area contributed by atoms with Crippen LogP contribution in [0, 0.1) is 24.2 Å². The SMILES string of the molecule is CCC(C#N)CNCc1cc(Cl)c(OC)cc1C. The van der Waals surface area contributed by atoms with E-state index in [1.807, 2.05) is 26.0 Å². The van der Waals surface area contributed by atoms with E-state index in [0.29, 0.717) is 23.9 Å². The molecular formula is C14H19ClN2O.